The van der Waals surface area contributed by atoms with Crippen LogP contribution in [0.1, 0.15) is 24.5 Å². The molecule has 0 amide bonds. The molecule has 2 aromatic heterocycles. The van der Waals surface area contributed by atoms with E-state index in [1.54, 1.807) is 19.1 Å². The molecule has 0 unspecified atom stereocenters. The lowest BCUT2D eigenvalue weighted by molar-refractivity contribution is -0.157. The average molecular weight is 294 g/mol. The SMILES string of the molecule is C/C(=C/c1nnc(C(F)(F)F)o1)c1cc2ccccc2o1. The van der Waals surface area contributed by atoms with Gasteiger partial charge in [-0.15, -0.1) is 10.2 Å². The van der Waals surface area contributed by atoms with Gasteiger partial charge in [0.25, 0.3) is 0 Å². The highest BCUT2D eigenvalue weighted by Gasteiger charge is 2.37. The van der Waals surface area contributed by atoms with Crippen molar-refractivity contribution in [2.45, 2.75) is 13.1 Å². The highest BCUT2D eigenvalue weighted by atomic mass is 19.4. The molecular formula is C14H9F3N2O2. The Kier molecular flexibility index (Phi) is 3.04. The Bertz CT molecular complexity index is 782. The summed E-state index contributed by atoms with van der Waals surface area (Å²) in [6.45, 7) is 1.69. The van der Waals surface area contributed by atoms with Crippen LogP contribution in [-0.4, -0.2) is 10.2 Å². The molecule has 0 saturated carbocycles. The molecule has 0 bridgehead atoms. The van der Waals surface area contributed by atoms with E-state index in [1.807, 2.05) is 18.2 Å². The molecule has 1 aromatic carbocycles. The fourth-order valence-corrected chi connectivity index (χ4v) is 1.84. The average Bonchev–Trinajstić information content (AvgIpc) is 3.03. The van der Waals surface area contributed by atoms with Crippen LogP contribution in [0.5, 0.6) is 0 Å². The quantitative estimate of drug-likeness (QED) is 0.703. The number of para-hydroxylation sites is 1. The van der Waals surface area contributed by atoms with Crippen molar-refractivity contribution < 1.29 is 22.0 Å². The van der Waals surface area contributed by atoms with Crippen LogP contribution in [0.15, 0.2) is 39.2 Å². The monoisotopic (exact) mass is 294 g/mol. The summed E-state index contributed by atoms with van der Waals surface area (Å²) in [6.07, 6.45) is -3.30. The number of allylic oxidation sites excluding steroid dienone is 1. The summed E-state index contributed by atoms with van der Waals surface area (Å²) in [5.41, 5.74) is 1.28. The smallest absolute Gasteiger partial charge is 0.456 e. The Hall–Kier alpha value is -2.57. The van der Waals surface area contributed by atoms with E-state index < -0.39 is 12.1 Å². The largest absolute Gasteiger partial charge is 0.470 e. The van der Waals surface area contributed by atoms with Gasteiger partial charge in [-0.1, -0.05) is 18.2 Å². The standard InChI is InChI=1S/C14H9F3N2O2/c1-8(6-12-18-19-13(21-12)14(15,16)17)11-7-9-4-2-3-5-10(9)20-11/h2-7H,1H3/b8-6-. The van der Waals surface area contributed by atoms with Crippen LogP contribution in [0.2, 0.25) is 0 Å². The predicted octanol–water partition coefficient (Wildman–Crippen LogP) is 4.40. The van der Waals surface area contributed by atoms with Gasteiger partial charge in [0.05, 0.1) is 0 Å². The number of rotatable bonds is 2. The third-order valence-electron chi connectivity index (χ3n) is 2.84. The van der Waals surface area contributed by atoms with E-state index in [0.717, 1.165) is 5.39 Å². The highest BCUT2D eigenvalue weighted by Crippen LogP contribution is 2.29. The molecular weight excluding hydrogens is 285 g/mol. The van der Waals surface area contributed by atoms with Gasteiger partial charge in [-0.2, -0.15) is 13.2 Å². The number of hydrogen-bond acceptors (Lipinski definition) is 4. The zero-order valence-corrected chi connectivity index (χ0v) is 10.8. The highest BCUT2D eigenvalue weighted by molar-refractivity contribution is 5.84. The number of nitrogens with zero attached hydrogens (tertiary/aromatic N) is 2. The molecule has 0 N–H and O–H groups in total. The van der Waals surface area contributed by atoms with Crippen molar-refractivity contribution in [3.8, 4) is 0 Å². The molecule has 3 aromatic rings. The first-order valence-electron chi connectivity index (χ1n) is 6.01. The first kappa shape index (κ1) is 13.4. The fraction of sp³-hybridized carbons (Fsp3) is 0.143. The number of alkyl halides is 3. The van der Waals surface area contributed by atoms with Crippen molar-refractivity contribution in [3.05, 3.63) is 47.9 Å². The van der Waals surface area contributed by atoms with E-state index >= 15 is 0 Å². The number of halogens is 3. The van der Waals surface area contributed by atoms with E-state index in [2.05, 4.69) is 14.6 Å². The van der Waals surface area contributed by atoms with Crippen LogP contribution < -0.4 is 0 Å². The maximum atomic E-state index is 12.4. The molecule has 0 spiro atoms. The third kappa shape index (κ3) is 2.67. The van der Waals surface area contributed by atoms with Crippen LogP contribution in [0.25, 0.3) is 22.6 Å². The molecule has 0 fully saturated rings. The summed E-state index contributed by atoms with van der Waals surface area (Å²) in [7, 11) is 0. The minimum atomic E-state index is -4.65. The summed E-state index contributed by atoms with van der Waals surface area (Å²) < 4.78 is 47.2. The number of aromatic nitrogens is 2. The van der Waals surface area contributed by atoms with Gasteiger partial charge in [-0.05, 0) is 24.6 Å². The summed E-state index contributed by atoms with van der Waals surface area (Å²) >= 11 is 0. The molecule has 2 heterocycles. The fourth-order valence-electron chi connectivity index (χ4n) is 1.84. The summed E-state index contributed by atoms with van der Waals surface area (Å²) in [4.78, 5) is 0. The van der Waals surface area contributed by atoms with Gasteiger partial charge >= 0.3 is 12.1 Å². The van der Waals surface area contributed by atoms with Crippen molar-refractivity contribution in [1.29, 1.82) is 0 Å². The zero-order chi connectivity index (χ0) is 15.0. The van der Waals surface area contributed by atoms with E-state index in [1.165, 1.54) is 6.08 Å². The van der Waals surface area contributed by atoms with Crippen LogP contribution in [-0.2, 0) is 6.18 Å². The molecule has 0 aliphatic rings. The molecule has 7 heteroatoms. The lowest BCUT2D eigenvalue weighted by atomic mass is 10.2. The second kappa shape index (κ2) is 4.76. The molecule has 0 radical (unpaired) electrons. The zero-order valence-electron chi connectivity index (χ0n) is 10.8. The van der Waals surface area contributed by atoms with Crippen LogP contribution in [0.4, 0.5) is 13.2 Å². The van der Waals surface area contributed by atoms with Crippen LogP contribution in [0, 0.1) is 0 Å². The second-order valence-electron chi connectivity index (χ2n) is 4.42. The number of hydrogen-bond donors (Lipinski definition) is 0. The minimum Gasteiger partial charge on any atom is -0.456 e. The van der Waals surface area contributed by atoms with Gasteiger partial charge < -0.3 is 8.83 Å². The maximum Gasteiger partial charge on any atom is 0.470 e. The van der Waals surface area contributed by atoms with Crippen molar-refractivity contribution in [2.75, 3.05) is 0 Å². The topological polar surface area (TPSA) is 52.1 Å². The Morgan fingerprint density at radius 3 is 2.57 bits per heavy atom. The number of furan rings is 1. The van der Waals surface area contributed by atoms with Crippen molar-refractivity contribution in [1.82, 2.24) is 10.2 Å². The second-order valence-corrected chi connectivity index (χ2v) is 4.42. The summed E-state index contributed by atoms with van der Waals surface area (Å²) in [6, 6.07) is 9.18. The Balaban J connectivity index is 1.93. The third-order valence-corrected chi connectivity index (χ3v) is 2.84. The first-order valence-corrected chi connectivity index (χ1v) is 6.01. The summed E-state index contributed by atoms with van der Waals surface area (Å²) in [5, 5.41) is 7.21. The predicted molar refractivity (Wildman–Crippen MR) is 69.1 cm³/mol. The molecule has 0 aliphatic carbocycles. The first-order chi connectivity index (χ1) is 9.93. The van der Waals surface area contributed by atoms with Gasteiger partial charge in [0.15, 0.2) is 0 Å². The van der Waals surface area contributed by atoms with E-state index in [-0.39, 0.29) is 5.89 Å². The van der Waals surface area contributed by atoms with Gasteiger partial charge in [0.2, 0.25) is 5.89 Å². The van der Waals surface area contributed by atoms with Crippen molar-refractivity contribution >= 4 is 22.6 Å². The number of fused-ring (bicyclic) bond motifs is 1. The Labute approximate surface area is 116 Å². The van der Waals surface area contributed by atoms with Crippen LogP contribution >= 0.6 is 0 Å². The lowest BCUT2D eigenvalue weighted by Crippen LogP contribution is -2.04. The van der Waals surface area contributed by atoms with Gasteiger partial charge in [0.1, 0.15) is 11.3 Å². The lowest BCUT2D eigenvalue weighted by Gasteiger charge is -1.97. The molecule has 0 atom stereocenters. The molecule has 0 saturated heterocycles. The normalized spacial score (nSPS) is 13.0. The summed E-state index contributed by atoms with van der Waals surface area (Å²) in [5.74, 6) is -1.06. The van der Waals surface area contributed by atoms with Gasteiger partial charge in [0, 0.05) is 11.5 Å². The maximum absolute atomic E-state index is 12.4. The Morgan fingerprint density at radius 1 is 1.14 bits per heavy atom. The molecule has 4 nitrogen and oxygen atoms in total. The van der Waals surface area contributed by atoms with E-state index in [4.69, 9.17) is 4.42 Å². The van der Waals surface area contributed by atoms with Crippen molar-refractivity contribution in [3.63, 3.8) is 0 Å². The molecule has 21 heavy (non-hydrogen) atoms. The van der Waals surface area contributed by atoms with E-state index in [9.17, 15) is 13.2 Å². The number of benzene rings is 1. The molecule has 3 rings (SSSR count). The molecule has 108 valence electrons. The van der Waals surface area contributed by atoms with Gasteiger partial charge in [-0.25, -0.2) is 0 Å². The Morgan fingerprint density at radius 2 is 1.90 bits per heavy atom. The van der Waals surface area contributed by atoms with Crippen LogP contribution in [0.3, 0.4) is 0 Å². The van der Waals surface area contributed by atoms with Gasteiger partial charge in [-0.3, -0.25) is 0 Å². The van der Waals surface area contributed by atoms with E-state index in [0.29, 0.717) is 16.9 Å². The minimum absolute atomic E-state index is 0.222. The van der Waals surface area contributed by atoms with Crippen molar-refractivity contribution in [2.24, 2.45) is 0 Å². The molecule has 0 aliphatic heterocycles.